The van der Waals surface area contributed by atoms with Gasteiger partial charge in [-0.15, -0.1) is 11.3 Å². The molecule has 27 heavy (non-hydrogen) atoms. The molecule has 1 aliphatic rings. The predicted octanol–water partition coefficient (Wildman–Crippen LogP) is 4.27. The van der Waals surface area contributed by atoms with Crippen LogP contribution in [0.5, 0.6) is 0 Å². The summed E-state index contributed by atoms with van der Waals surface area (Å²) in [5, 5.41) is 12.9. The summed E-state index contributed by atoms with van der Waals surface area (Å²) in [4.78, 5) is 13.7. The molecule has 1 aliphatic heterocycles. The average Bonchev–Trinajstić information content (AvgIpc) is 3.38. The first kappa shape index (κ1) is 18.2. The summed E-state index contributed by atoms with van der Waals surface area (Å²) < 4.78 is 5.55. The van der Waals surface area contributed by atoms with E-state index in [1.54, 1.807) is 17.4 Å². The normalized spacial score (nSPS) is 16.2. The van der Waals surface area contributed by atoms with Crippen LogP contribution in [0.3, 0.4) is 0 Å². The van der Waals surface area contributed by atoms with Gasteiger partial charge < -0.3 is 10.1 Å². The fourth-order valence-electron chi connectivity index (χ4n) is 3.48. The van der Waals surface area contributed by atoms with Crippen molar-refractivity contribution >= 4 is 28.8 Å². The number of hydrogen-bond donors (Lipinski definition) is 2. The number of aromatic nitrogens is 2. The van der Waals surface area contributed by atoms with Gasteiger partial charge in [0.1, 0.15) is 0 Å². The van der Waals surface area contributed by atoms with Gasteiger partial charge in [-0.05, 0) is 48.1 Å². The van der Waals surface area contributed by atoms with Crippen molar-refractivity contribution in [1.29, 1.82) is 0 Å². The van der Waals surface area contributed by atoms with Crippen molar-refractivity contribution in [2.75, 3.05) is 19.8 Å². The molecule has 7 heteroatoms. The maximum Gasteiger partial charge on any atom is 0.271 e. The Morgan fingerprint density at radius 1 is 1.26 bits per heavy atom. The number of amides is 1. The van der Waals surface area contributed by atoms with Crippen molar-refractivity contribution < 1.29 is 9.53 Å². The molecule has 0 aliphatic carbocycles. The number of thiophene rings is 1. The first-order valence-electron chi connectivity index (χ1n) is 8.88. The molecular formula is C20H20ClN3O2S. The van der Waals surface area contributed by atoms with E-state index in [-0.39, 0.29) is 11.3 Å². The van der Waals surface area contributed by atoms with E-state index >= 15 is 0 Å². The van der Waals surface area contributed by atoms with E-state index < -0.39 is 0 Å². The Kier molecular flexibility index (Phi) is 5.29. The lowest BCUT2D eigenvalue weighted by Crippen LogP contribution is -2.44. The van der Waals surface area contributed by atoms with Gasteiger partial charge in [-0.3, -0.25) is 9.89 Å². The molecule has 1 fully saturated rings. The first-order valence-corrected chi connectivity index (χ1v) is 10.1. The highest BCUT2D eigenvalue weighted by molar-refractivity contribution is 7.13. The Bertz CT molecular complexity index is 917. The van der Waals surface area contributed by atoms with Crippen LogP contribution in [0.25, 0.3) is 10.6 Å². The van der Waals surface area contributed by atoms with Crippen LogP contribution in [0.4, 0.5) is 0 Å². The highest BCUT2D eigenvalue weighted by Crippen LogP contribution is 2.35. The lowest BCUT2D eigenvalue weighted by atomic mass is 9.74. The largest absolute Gasteiger partial charge is 0.381 e. The Hall–Kier alpha value is -2.15. The molecule has 0 saturated carbocycles. The Balaban J connectivity index is 1.50. The molecule has 2 aromatic heterocycles. The van der Waals surface area contributed by atoms with Crippen LogP contribution in [-0.2, 0) is 10.2 Å². The molecule has 0 spiro atoms. The number of rotatable bonds is 5. The van der Waals surface area contributed by atoms with Crippen molar-refractivity contribution in [3.05, 3.63) is 64.1 Å². The van der Waals surface area contributed by atoms with E-state index in [0.717, 1.165) is 29.0 Å². The Labute approximate surface area is 166 Å². The second kappa shape index (κ2) is 7.84. The minimum absolute atomic E-state index is 0.175. The maximum absolute atomic E-state index is 12.7. The van der Waals surface area contributed by atoms with E-state index in [9.17, 15) is 4.79 Å². The van der Waals surface area contributed by atoms with Crippen LogP contribution in [0.2, 0.25) is 5.02 Å². The van der Waals surface area contributed by atoms with Gasteiger partial charge >= 0.3 is 0 Å². The maximum atomic E-state index is 12.7. The molecule has 140 valence electrons. The molecule has 2 N–H and O–H groups in total. The smallest absolute Gasteiger partial charge is 0.271 e. The number of nitrogens with zero attached hydrogens (tertiary/aromatic N) is 1. The molecule has 1 amide bonds. The van der Waals surface area contributed by atoms with Crippen LogP contribution in [0, 0.1) is 0 Å². The molecule has 3 aromatic rings. The van der Waals surface area contributed by atoms with Crippen molar-refractivity contribution in [2.24, 2.45) is 0 Å². The van der Waals surface area contributed by atoms with Crippen LogP contribution < -0.4 is 5.32 Å². The molecular weight excluding hydrogens is 382 g/mol. The number of carbonyl (C=O) groups is 1. The minimum atomic E-state index is -0.179. The standard InChI is InChI=1S/C20H20ClN3O2S/c21-15-4-1-3-14(11-15)20(6-8-26-9-7-20)13-22-19(25)17-12-16(23-24-17)18-5-2-10-27-18/h1-5,10-12H,6-9,13H2,(H,22,25)(H,23,24). The number of ether oxygens (including phenoxy) is 1. The Morgan fingerprint density at radius 3 is 2.85 bits per heavy atom. The predicted molar refractivity (Wildman–Crippen MR) is 107 cm³/mol. The quantitative estimate of drug-likeness (QED) is 0.670. The highest BCUT2D eigenvalue weighted by atomic mass is 35.5. The second-order valence-electron chi connectivity index (χ2n) is 6.73. The number of hydrogen-bond acceptors (Lipinski definition) is 4. The molecule has 1 aromatic carbocycles. The van der Waals surface area contributed by atoms with Gasteiger partial charge in [-0.2, -0.15) is 5.10 Å². The lowest BCUT2D eigenvalue weighted by Gasteiger charge is -2.38. The average molecular weight is 402 g/mol. The molecule has 0 radical (unpaired) electrons. The fraction of sp³-hybridized carbons (Fsp3) is 0.300. The van der Waals surface area contributed by atoms with Gasteiger partial charge in [0.05, 0.1) is 10.6 Å². The third kappa shape index (κ3) is 3.93. The minimum Gasteiger partial charge on any atom is -0.381 e. The summed E-state index contributed by atoms with van der Waals surface area (Å²) in [5.41, 5.74) is 2.21. The number of benzene rings is 1. The van der Waals surface area contributed by atoms with Crippen molar-refractivity contribution in [3.8, 4) is 10.6 Å². The van der Waals surface area contributed by atoms with Gasteiger partial charge in [0.25, 0.3) is 5.91 Å². The third-order valence-corrected chi connectivity index (χ3v) is 6.21. The van der Waals surface area contributed by atoms with E-state index in [1.807, 2.05) is 35.7 Å². The molecule has 0 bridgehead atoms. The summed E-state index contributed by atoms with van der Waals surface area (Å²) in [6.45, 7) is 1.87. The summed E-state index contributed by atoms with van der Waals surface area (Å²) in [6, 6.07) is 13.6. The van der Waals surface area contributed by atoms with E-state index in [2.05, 4.69) is 21.6 Å². The number of carbonyl (C=O) groups excluding carboxylic acids is 1. The number of nitrogens with one attached hydrogen (secondary N) is 2. The van der Waals surface area contributed by atoms with Crippen LogP contribution >= 0.6 is 22.9 Å². The fourth-order valence-corrected chi connectivity index (χ4v) is 4.37. The van der Waals surface area contributed by atoms with Crippen molar-refractivity contribution in [1.82, 2.24) is 15.5 Å². The number of H-pyrrole nitrogens is 1. The van der Waals surface area contributed by atoms with Crippen molar-refractivity contribution in [3.63, 3.8) is 0 Å². The summed E-state index contributed by atoms with van der Waals surface area (Å²) in [7, 11) is 0. The molecule has 0 unspecified atom stereocenters. The molecule has 3 heterocycles. The van der Waals surface area contributed by atoms with Crippen LogP contribution in [0.1, 0.15) is 28.9 Å². The molecule has 1 saturated heterocycles. The lowest BCUT2D eigenvalue weighted by molar-refractivity contribution is 0.0486. The topological polar surface area (TPSA) is 67.0 Å². The summed E-state index contributed by atoms with van der Waals surface area (Å²) in [6.07, 6.45) is 1.68. The zero-order valence-electron chi connectivity index (χ0n) is 14.7. The van der Waals surface area contributed by atoms with Gasteiger partial charge in [-0.1, -0.05) is 29.8 Å². The molecule has 0 atom stereocenters. The zero-order chi connectivity index (χ0) is 18.7. The van der Waals surface area contributed by atoms with Gasteiger partial charge in [0, 0.05) is 30.2 Å². The third-order valence-electron chi connectivity index (χ3n) is 5.07. The zero-order valence-corrected chi connectivity index (χ0v) is 16.3. The van der Waals surface area contributed by atoms with E-state index in [1.165, 1.54) is 0 Å². The summed E-state index contributed by atoms with van der Waals surface area (Å²) in [5.74, 6) is -0.179. The SMILES string of the molecule is O=C(NCC1(c2cccc(Cl)c2)CCOCC1)c1cc(-c2cccs2)[nH]n1. The van der Waals surface area contributed by atoms with Crippen LogP contribution in [-0.4, -0.2) is 35.9 Å². The van der Waals surface area contributed by atoms with E-state index in [4.69, 9.17) is 16.3 Å². The molecule has 5 nitrogen and oxygen atoms in total. The second-order valence-corrected chi connectivity index (χ2v) is 8.11. The monoisotopic (exact) mass is 401 g/mol. The number of aromatic amines is 1. The summed E-state index contributed by atoms with van der Waals surface area (Å²) >= 11 is 7.81. The van der Waals surface area contributed by atoms with Gasteiger partial charge in [0.2, 0.25) is 0 Å². The number of halogens is 1. The van der Waals surface area contributed by atoms with Gasteiger partial charge in [0.15, 0.2) is 5.69 Å². The van der Waals surface area contributed by atoms with Crippen molar-refractivity contribution in [2.45, 2.75) is 18.3 Å². The molecule has 4 rings (SSSR count). The Morgan fingerprint density at radius 2 is 2.11 bits per heavy atom. The van der Waals surface area contributed by atoms with Crippen LogP contribution in [0.15, 0.2) is 47.8 Å². The first-order chi connectivity index (χ1) is 13.2. The van der Waals surface area contributed by atoms with E-state index in [0.29, 0.717) is 30.5 Å². The van der Waals surface area contributed by atoms with Gasteiger partial charge in [-0.25, -0.2) is 0 Å². The highest BCUT2D eigenvalue weighted by Gasteiger charge is 2.35.